The number of carbonyl (C=O) groups is 1. The third-order valence-electron chi connectivity index (χ3n) is 5.33. The van der Waals surface area contributed by atoms with Crippen molar-refractivity contribution in [3.63, 3.8) is 0 Å². The number of guanidine groups is 1. The van der Waals surface area contributed by atoms with E-state index in [1.54, 1.807) is 25.5 Å². The number of likely N-dealkylation sites (tertiary alicyclic amines) is 1. The first kappa shape index (κ1) is 22.2. The van der Waals surface area contributed by atoms with E-state index in [-0.39, 0.29) is 12.0 Å². The number of amides is 1. The number of nitrogens with one attached hydrogen (secondary N) is 1. The summed E-state index contributed by atoms with van der Waals surface area (Å²) in [6, 6.07) is 8.27. The van der Waals surface area contributed by atoms with Crippen LogP contribution in [-0.4, -0.2) is 54.4 Å². The van der Waals surface area contributed by atoms with Crippen molar-refractivity contribution < 1.29 is 9.53 Å². The summed E-state index contributed by atoms with van der Waals surface area (Å²) >= 11 is 1.62. The fraction of sp³-hybridized carbons (Fsp3) is 0.500. The van der Waals surface area contributed by atoms with Crippen molar-refractivity contribution in [3.8, 4) is 0 Å². The van der Waals surface area contributed by atoms with Crippen molar-refractivity contribution in [2.24, 2.45) is 4.99 Å². The molecule has 0 spiro atoms. The molecule has 0 radical (unpaired) electrons. The van der Waals surface area contributed by atoms with E-state index in [1.807, 2.05) is 31.0 Å². The van der Waals surface area contributed by atoms with Crippen molar-refractivity contribution >= 4 is 23.2 Å². The number of ether oxygens (including phenoxy) is 1. The Balaban J connectivity index is 1.60. The molecule has 1 aliphatic heterocycles. The van der Waals surface area contributed by atoms with Gasteiger partial charge in [0, 0.05) is 52.6 Å². The molecule has 7 nitrogen and oxygen atoms in total. The second-order valence-corrected chi connectivity index (χ2v) is 8.39. The molecule has 1 aliphatic rings. The van der Waals surface area contributed by atoms with Crippen LogP contribution in [0.25, 0.3) is 0 Å². The van der Waals surface area contributed by atoms with Gasteiger partial charge >= 0.3 is 0 Å². The molecule has 1 aromatic carbocycles. The molecule has 2 heterocycles. The molecule has 1 atom stereocenters. The normalized spacial score (nSPS) is 15.5. The predicted molar refractivity (Wildman–Crippen MR) is 120 cm³/mol. The Labute approximate surface area is 182 Å². The summed E-state index contributed by atoms with van der Waals surface area (Å²) in [4.78, 5) is 25.1. The zero-order valence-corrected chi connectivity index (χ0v) is 19.0. The zero-order chi connectivity index (χ0) is 21.5. The number of carbonyl (C=O) groups excluding carboxylic acids is 1. The van der Waals surface area contributed by atoms with Crippen LogP contribution >= 0.6 is 11.3 Å². The van der Waals surface area contributed by atoms with E-state index in [2.05, 4.69) is 37.7 Å². The second kappa shape index (κ2) is 10.5. The number of thiazole rings is 1. The average molecular weight is 430 g/mol. The van der Waals surface area contributed by atoms with Crippen LogP contribution < -0.4 is 5.32 Å². The van der Waals surface area contributed by atoms with Crippen LogP contribution in [0.15, 0.2) is 34.6 Å². The third-order valence-corrected chi connectivity index (χ3v) is 6.39. The fourth-order valence-corrected chi connectivity index (χ4v) is 4.36. The van der Waals surface area contributed by atoms with E-state index in [4.69, 9.17) is 4.74 Å². The summed E-state index contributed by atoms with van der Waals surface area (Å²) in [6.45, 7) is 4.83. The number of methoxy groups -OCH3 is 1. The first-order valence-electron chi connectivity index (χ1n) is 10.2. The molecule has 0 saturated carbocycles. The maximum absolute atomic E-state index is 12.0. The van der Waals surface area contributed by atoms with Crippen molar-refractivity contribution in [2.45, 2.75) is 45.5 Å². The summed E-state index contributed by atoms with van der Waals surface area (Å²) in [7, 11) is 5.48. The zero-order valence-electron chi connectivity index (χ0n) is 18.2. The Morgan fingerprint density at radius 1 is 1.40 bits per heavy atom. The lowest BCUT2D eigenvalue weighted by Crippen LogP contribution is -2.38. The van der Waals surface area contributed by atoms with Crippen LogP contribution in [0.4, 0.5) is 0 Å². The molecule has 162 valence electrons. The molecule has 2 aromatic rings. The molecule has 30 heavy (non-hydrogen) atoms. The maximum Gasteiger partial charge on any atom is 0.222 e. The Hall–Kier alpha value is -2.45. The van der Waals surface area contributed by atoms with Crippen LogP contribution in [0.5, 0.6) is 0 Å². The lowest BCUT2D eigenvalue weighted by molar-refractivity contribution is -0.128. The minimum atomic E-state index is 0.00508. The van der Waals surface area contributed by atoms with Crippen LogP contribution in [0.3, 0.4) is 0 Å². The molecule has 1 fully saturated rings. The van der Waals surface area contributed by atoms with E-state index in [0.717, 1.165) is 29.6 Å². The molecule has 1 aromatic heterocycles. The van der Waals surface area contributed by atoms with Crippen molar-refractivity contribution in [3.05, 3.63) is 51.5 Å². The Morgan fingerprint density at radius 2 is 2.17 bits per heavy atom. The van der Waals surface area contributed by atoms with Crippen LogP contribution in [-0.2, 0) is 29.2 Å². The predicted octanol–water partition coefficient (Wildman–Crippen LogP) is 3.18. The molecule has 1 saturated heterocycles. The van der Waals surface area contributed by atoms with Crippen LogP contribution in [0, 0.1) is 0 Å². The molecule has 0 aliphatic carbocycles. The smallest absolute Gasteiger partial charge is 0.222 e. The summed E-state index contributed by atoms with van der Waals surface area (Å²) < 4.78 is 5.35. The second-order valence-electron chi connectivity index (χ2n) is 7.50. The first-order chi connectivity index (χ1) is 14.5. The molecule has 1 unspecified atom stereocenters. The van der Waals surface area contributed by atoms with Gasteiger partial charge in [0.2, 0.25) is 5.91 Å². The minimum Gasteiger partial charge on any atom is -0.375 e. The quantitative estimate of drug-likeness (QED) is 0.516. The van der Waals surface area contributed by atoms with E-state index >= 15 is 0 Å². The number of aliphatic imine (C=N–C) groups is 1. The average Bonchev–Trinajstić information content (AvgIpc) is 3.38. The molecule has 1 N–H and O–H groups in total. The molecular formula is C22H31N5O2S. The molecule has 0 bridgehead atoms. The highest BCUT2D eigenvalue weighted by Gasteiger charge is 2.21. The number of benzene rings is 1. The number of aromatic nitrogens is 1. The molecular weight excluding hydrogens is 398 g/mol. The highest BCUT2D eigenvalue weighted by atomic mass is 32.1. The molecule has 1 amide bonds. The highest BCUT2D eigenvalue weighted by molar-refractivity contribution is 7.09. The summed E-state index contributed by atoms with van der Waals surface area (Å²) in [5.74, 6) is 1.05. The lowest BCUT2D eigenvalue weighted by atomic mass is 10.1. The van der Waals surface area contributed by atoms with E-state index in [0.29, 0.717) is 26.1 Å². The fourth-order valence-electron chi connectivity index (χ4n) is 3.52. The summed E-state index contributed by atoms with van der Waals surface area (Å²) in [5.41, 5.74) is 3.35. The van der Waals surface area contributed by atoms with E-state index in [1.165, 1.54) is 11.1 Å². The van der Waals surface area contributed by atoms with Gasteiger partial charge in [-0.3, -0.25) is 9.79 Å². The van der Waals surface area contributed by atoms with Gasteiger partial charge in [0.25, 0.3) is 0 Å². The minimum absolute atomic E-state index is 0.00508. The Bertz CT molecular complexity index is 882. The van der Waals surface area contributed by atoms with Gasteiger partial charge in [-0.15, -0.1) is 11.3 Å². The number of hydrogen-bond donors (Lipinski definition) is 1. The van der Waals surface area contributed by atoms with Crippen molar-refractivity contribution in [1.29, 1.82) is 0 Å². The largest absolute Gasteiger partial charge is 0.375 e. The molecule has 3 rings (SSSR count). The first-order valence-corrected chi connectivity index (χ1v) is 11.1. The van der Waals surface area contributed by atoms with Crippen molar-refractivity contribution in [2.75, 3.05) is 27.7 Å². The molecule has 8 heteroatoms. The van der Waals surface area contributed by atoms with Gasteiger partial charge in [-0.05, 0) is 24.5 Å². The Morgan fingerprint density at radius 3 is 2.83 bits per heavy atom. The van der Waals surface area contributed by atoms with Gasteiger partial charge < -0.3 is 19.9 Å². The Kier molecular flexibility index (Phi) is 7.81. The number of hydrogen-bond acceptors (Lipinski definition) is 5. The number of rotatable bonds is 8. The standard InChI is InChI=1S/C22H31N5O2S/c1-16(29-4)21-25-19(15-30-21)14-26(3)22(23-2)24-12-17-8-5-6-9-18(17)13-27-11-7-10-20(27)28/h5-6,8-9,15-16H,7,10-14H2,1-4H3,(H,23,24). The van der Waals surface area contributed by atoms with Gasteiger partial charge in [0.15, 0.2) is 5.96 Å². The number of nitrogens with zero attached hydrogens (tertiary/aromatic N) is 4. The lowest BCUT2D eigenvalue weighted by Gasteiger charge is -2.23. The summed E-state index contributed by atoms with van der Waals surface area (Å²) in [6.07, 6.45) is 1.63. The van der Waals surface area contributed by atoms with Gasteiger partial charge in [0.05, 0.1) is 12.2 Å². The third kappa shape index (κ3) is 5.58. The maximum atomic E-state index is 12.0. The summed E-state index contributed by atoms with van der Waals surface area (Å²) in [5, 5.41) is 6.49. The SMILES string of the molecule is CN=C(NCc1ccccc1CN1CCCC1=O)N(C)Cc1csc(C(C)OC)n1. The van der Waals surface area contributed by atoms with Gasteiger partial charge in [-0.25, -0.2) is 4.98 Å². The topological polar surface area (TPSA) is 70.1 Å². The van der Waals surface area contributed by atoms with E-state index < -0.39 is 0 Å². The van der Waals surface area contributed by atoms with Gasteiger partial charge in [-0.1, -0.05) is 24.3 Å². The van der Waals surface area contributed by atoms with Crippen molar-refractivity contribution in [1.82, 2.24) is 20.1 Å². The highest BCUT2D eigenvalue weighted by Crippen LogP contribution is 2.21. The van der Waals surface area contributed by atoms with Crippen LogP contribution in [0.2, 0.25) is 0 Å². The van der Waals surface area contributed by atoms with E-state index in [9.17, 15) is 4.79 Å². The van der Waals surface area contributed by atoms with Gasteiger partial charge in [0.1, 0.15) is 11.1 Å². The van der Waals surface area contributed by atoms with Crippen LogP contribution in [0.1, 0.15) is 47.7 Å². The van der Waals surface area contributed by atoms with Gasteiger partial charge in [-0.2, -0.15) is 0 Å². The monoisotopic (exact) mass is 429 g/mol.